The first-order valence-corrected chi connectivity index (χ1v) is 8.80. The Hall–Kier alpha value is -1.86. The molecule has 1 aromatic rings. The molecule has 1 atom stereocenters. The third-order valence-corrected chi connectivity index (χ3v) is 5.13. The van der Waals surface area contributed by atoms with E-state index in [1.165, 1.54) is 19.2 Å². The molecule has 2 N–H and O–H groups in total. The Morgan fingerprint density at radius 2 is 1.96 bits per heavy atom. The molecule has 2 heterocycles. The number of anilines is 1. The van der Waals surface area contributed by atoms with Gasteiger partial charge in [0.25, 0.3) is 0 Å². The van der Waals surface area contributed by atoms with Gasteiger partial charge in [-0.2, -0.15) is 0 Å². The number of rotatable bonds is 4. The lowest BCUT2D eigenvalue weighted by atomic mass is 9.91. The standard InChI is InChI=1S/C18H26FN3O3/c1-24-16-12-14(19)2-3-15(16)21-6-8-22(9-7-21)18(23)17(20)13-4-10-25-11-5-13/h2-3,12-13,17H,4-11,20H2,1H3. The average Bonchev–Trinajstić information content (AvgIpc) is 2.67. The first-order chi connectivity index (χ1) is 12.1. The van der Waals surface area contributed by atoms with Crippen molar-refractivity contribution in [3.05, 3.63) is 24.0 Å². The summed E-state index contributed by atoms with van der Waals surface area (Å²) in [6.45, 7) is 3.93. The molecule has 1 aromatic carbocycles. The van der Waals surface area contributed by atoms with Gasteiger partial charge in [0.2, 0.25) is 5.91 Å². The summed E-state index contributed by atoms with van der Waals surface area (Å²) >= 11 is 0. The molecular weight excluding hydrogens is 325 g/mol. The Morgan fingerprint density at radius 1 is 1.28 bits per heavy atom. The van der Waals surface area contributed by atoms with E-state index in [-0.39, 0.29) is 17.6 Å². The first kappa shape index (κ1) is 17.9. The largest absolute Gasteiger partial charge is 0.494 e. The van der Waals surface area contributed by atoms with Gasteiger partial charge in [-0.3, -0.25) is 4.79 Å². The summed E-state index contributed by atoms with van der Waals surface area (Å²) in [5, 5.41) is 0. The second kappa shape index (κ2) is 8.01. The molecule has 0 aliphatic carbocycles. The van der Waals surface area contributed by atoms with Gasteiger partial charge in [0, 0.05) is 45.5 Å². The molecule has 1 unspecified atom stereocenters. The van der Waals surface area contributed by atoms with Gasteiger partial charge in [-0.25, -0.2) is 4.39 Å². The van der Waals surface area contributed by atoms with Gasteiger partial charge < -0.3 is 25.0 Å². The van der Waals surface area contributed by atoms with Gasteiger partial charge in [0.1, 0.15) is 11.6 Å². The lowest BCUT2D eigenvalue weighted by Gasteiger charge is -2.39. The van der Waals surface area contributed by atoms with Crippen molar-refractivity contribution in [2.75, 3.05) is 51.4 Å². The summed E-state index contributed by atoms with van der Waals surface area (Å²) in [4.78, 5) is 16.6. The van der Waals surface area contributed by atoms with E-state index in [4.69, 9.17) is 15.2 Å². The monoisotopic (exact) mass is 351 g/mol. The Kier molecular flexibility index (Phi) is 5.75. The van der Waals surface area contributed by atoms with Crippen LogP contribution in [-0.4, -0.2) is 63.4 Å². The third-order valence-electron chi connectivity index (χ3n) is 5.13. The van der Waals surface area contributed by atoms with Crippen LogP contribution in [0.2, 0.25) is 0 Å². The molecule has 2 saturated heterocycles. The van der Waals surface area contributed by atoms with Crippen LogP contribution in [0.15, 0.2) is 18.2 Å². The van der Waals surface area contributed by atoms with Crippen molar-refractivity contribution < 1.29 is 18.7 Å². The molecule has 2 fully saturated rings. The number of benzene rings is 1. The minimum Gasteiger partial charge on any atom is -0.494 e. The third kappa shape index (κ3) is 4.04. The lowest BCUT2D eigenvalue weighted by Crippen LogP contribution is -2.55. The van der Waals surface area contributed by atoms with Crippen LogP contribution in [0.1, 0.15) is 12.8 Å². The molecule has 138 valence electrons. The van der Waals surface area contributed by atoms with Gasteiger partial charge in [-0.15, -0.1) is 0 Å². The van der Waals surface area contributed by atoms with Crippen molar-refractivity contribution in [3.63, 3.8) is 0 Å². The predicted molar refractivity (Wildman–Crippen MR) is 93.3 cm³/mol. The molecule has 0 radical (unpaired) electrons. The number of hydrogen-bond acceptors (Lipinski definition) is 5. The van der Waals surface area contributed by atoms with Crippen LogP contribution < -0.4 is 15.4 Å². The maximum atomic E-state index is 13.4. The molecule has 2 aliphatic rings. The number of halogens is 1. The number of carbonyl (C=O) groups is 1. The first-order valence-electron chi connectivity index (χ1n) is 8.80. The average molecular weight is 351 g/mol. The van der Waals surface area contributed by atoms with Crippen LogP contribution in [0, 0.1) is 11.7 Å². The van der Waals surface area contributed by atoms with Gasteiger partial charge >= 0.3 is 0 Å². The maximum Gasteiger partial charge on any atom is 0.239 e. The molecular formula is C18H26FN3O3. The lowest BCUT2D eigenvalue weighted by molar-refractivity contribution is -0.135. The molecule has 0 saturated carbocycles. The summed E-state index contributed by atoms with van der Waals surface area (Å²) in [7, 11) is 1.53. The van der Waals surface area contributed by atoms with E-state index < -0.39 is 6.04 Å². The topological polar surface area (TPSA) is 68.0 Å². The van der Waals surface area contributed by atoms with Crippen LogP contribution in [-0.2, 0) is 9.53 Å². The Balaban J connectivity index is 1.59. The minimum absolute atomic E-state index is 0.0256. The second-order valence-electron chi connectivity index (χ2n) is 6.60. The second-order valence-corrected chi connectivity index (χ2v) is 6.60. The highest BCUT2D eigenvalue weighted by molar-refractivity contribution is 5.82. The van der Waals surface area contributed by atoms with Crippen molar-refractivity contribution in [2.24, 2.45) is 11.7 Å². The van der Waals surface area contributed by atoms with Crippen molar-refractivity contribution >= 4 is 11.6 Å². The van der Waals surface area contributed by atoms with Crippen LogP contribution in [0.3, 0.4) is 0 Å². The quantitative estimate of drug-likeness (QED) is 0.884. The number of amides is 1. The number of nitrogens with zero attached hydrogens (tertiary/aromatic N) is 2. The van der Waals surface area contributed by atoms with Crippen LogP contribution in [0.4, 0.5) is 10.1 Å². The van der Waals surface area contributed by atoms with E-state index >= 15 is 0 Å². The fourth-order valence-electron chi connectivity index (χ4n) is 3.57. The highest BCUT2D eigenvalue weighted by Gasteiger charge is 2.31. The zero-order valence-corrected chi connectivity index (χ0v) is 14.6. The number of hydrogen-bond donors (Lipinski definition) is 1. The molecule has 0 spiro atoms. The Bertz CT molecular complexity index is 599. The van der Waals surface area contributed by atoms with Crippen molar-refractivity contribution in [1.29, 1.82) is 0 Å². The smallest absolute Gasteiger partial charge is 0.239 e. The summed E-state index contributed by atoms with van der Waals surface area (Å²) in [6, 6.07) is 4.08. The Labute approximate surface area is 147 Å². The fraction of sp³-hybridized carbons (Fsp3) is 0.611. The predicted octanol–water partition coefficient (Wildman–Crippen LogP) is 1.24. The molecule has 25 heavy (non-hydrogen) atoms. The van der Waals surface area contributed by atoms with Crippen molar-refractivity contribution in [1.82, 2.24) is 4.90 Å². The van der Waals surface area contributed by atoms with Gasteiger partial charge in [-0.1, -0.05) is 0 Å². The van der Waals surface area contributed by atoms with E-state index in [0.29, 0.717) is 45.1 Å². The highest BCUT2D eigenvalue weighted by Crippen LogP contribution is 2.30. The summed E-state index contributed by atoms with van der Waals surface area (Å²) in [5.74, 6) is 0.421. The van der Waals surface area contributed by atoms with Crippen LogP contribution in [0.25, 0.3) is 0 Å². The molecule has 0 aromatic heterocycles. The number of ether oxygens (including phenoxy) is 2. The van der Waals surface area contributed by atoms with Gasteiger partial charge in [0.05, 0.1) is 18.8 Å². The van der Waals surface area contributed by atoms with E-state index in [1.807, 2.05) is 4.90 Å². The van der Waals surface area contributed by atoms with Gasteiger partial charge in [0.15, 0.2) is 0 Å². The number of carbonyl (C=O) groups excluding carboxylic acids is 1. The van der Waals surface area contributed by atoms with E-state index in [1.54, 1.807) is 6.07 Å². The van der Waals surface area contributed by atoms with Crippen LogP contribution >= 0.6 is 0 Å². The minimum atomic E-state index is -0.448. The number of nitrogens with two attached hydrogens (primary N) is 1. The molecule has 7 heteroatoms. The van der Waals surface area contributed by atoms with Crippen molar-refractivity contribution in [2.45, 2.75) is 18.9 Å². The molecule has 2 aliphatic heterocycles. The number of piperazine rings is 1. The molecule has 6 nitrogen and oxygen atoms in total. The molecule has 0 bridgehead atoms. The van der Waals surface area contributed by atoms with Crippen molar-refractivity contribution in [3.8, 4) is 5.75 Å². The number of methoxy groups -OCH3 is 1. The van der Waals surface area contributed by atoms with E-state index in [0.717, 1.165) is 18.5 Å². The molecule has 1 amide bonds. The normalized spacial score (nSPS) is 20.4. The van der Waals surface area contributed by atoms with E-state index in [2.05, 4.69) is 4.90 Å². The zero-order chi connectivity index (χ0) is 17.8. The zero-order valence-electron chi connectivity index (χ0n) is 14.6. The summed E-state index contributed by atoms with van der Waals surface area (Å²) in [6.07, 6.45) is 1.69. The van der Waals surface area contributed by atoms with Crippen LogP contribution in [0.5, 0.6) is 5.75 Å². The summed E-state index contributed by atoms with van der Waals surface area (Å²) < 4.78 is 24.0. The van der Waals surface area contributed by atoms with Gasteiger partial charge in [-0.05, 0) is 30.9 Å². The molecule has 3 rings (SSSR count). The maximum absolute atomic E-state index is 13.4. The SMILES string of the molecule is COc1cc(F)ccc1N1CCN(C(=O)C(N)C2CCOCC2)CC1. The fourth-order valence-corrected chi connectivity index (χ4v) is 3.57. The van der Waals surface area contributed by atoms with E-state index in [9.17, 15) is 9.18 Å². The Morgan fingerprint density at radius 3 is 2.60 bits per heavy atom. The summed E-state index contributed by atoms with van der Waals surface area (Å²) in [5.41, 5.74) is 7.06. The highest BCUT2D eigenvalue weighted by atomic mass is 19.1.